The van der Waals surface area contributed by atoms with Gasteiger partial charge in [0, 0.05) is 11.8 Å². The fourth-order valence-corrected chi connectivity index (χ4v) is 2.90. The minimum absolute atomic E-state index is 0.00909. The molecule has 2 aliphatic rings. The van der Waals surface area contributed by atoms with Gasteiger partial charge in [0.25, 0.3) is 0 Å². The summed E-state index contributed by atoms with van der Waals surface area (Å²) in [6.45, 7) is -0.0882. The van der Waals surface area contributed by atoms with E-state index in [9.17, 15) is 17.6 Å². The zero-order valence-corrected chi connectivity index (χ0v) is 9.43. The molecule has 2 fully saturated rings. The number of hydrogen-bond acceptors (Lipinski definition) is 2. The molecule has 1 saturated carbocycles. The summed E-state index contributed by atoms with van der Waals surface area (Å²) in [5.74, 6) is -0.870. The standard InChI is InChI=1S/C12H11F4NO/c13-9-8(3-1-6-17-9)11(7-18-11)10(4-2-5-10)12(14,15)16/h1,3,6H,2,4-5,7H2. The molecule has 1 saturated heterocycles. The molecule has 0 bridgehead atoms. The van der Waals surface area contributed by atoms with Crippen molar-refractivity contribution in [1.82, 2.24) is 4.98 Å². The molecular formula is C12H11F4NO. The number of nitrogens with zero attached hydrogens (tertiary/aromatic N) is 1. The molecule has 0 amide bonds. The fraction of sp³-hybridized carbons (Fsp3) is 0.583. The Labute approximate surface area is 101 Å². The fourth-order valence-electron chi connectivity index (χ4n) is 2.90. The van der Waals surface area contributed by atoms with E-state index in [1.165, 1.54) is 18.3 Å². The summed E-state index contributed by atoms with van der Waals surface area (Å²) < 4.78 is 58.6. The second-order valence-corrected chi connectivity index (χ2v) is 4.89. The van der Waals surface area contributed by atoms with Crippen molar-refractivity contribution in [3.8, 4) is 0 Å². The molecule has 98 valence electrons. The molecule has 0 spiro atoms. The number of rotatable bonds is 2. The average molecular weight is 261 g/mol. The molecule has 1 aromatic rings. The molecule has 18 heavy (non-hydrogen) atoms. The van der Waals surface area contributed by atoms with Crippen molar-refractivity contribution in [1.29, 1.82) is 0 Å². The van der Waals surface area contributed by atoms with Gasteiger partial charge in [0.15, 0.2) is 0 Å². The summed E-state index contributed by atoms with van der Waals surface area (Å²) in [5, 5.41) is 0. The van der Waals surface area contributed by atoms with E-state index in [1.54, 1.807) is 0 Å². The third-order valence-electron chi connectivity index (χ3n) is 4.15. The highest BCUT2D eigenvalue weighted by Crippen LogP contribution is 2.68. The van der Waals surface area contributed by atoms with Crippen molar-refractivity contribution in [2.45, 2.75) is 31.0 Å². The van der Waals surface area contributed by atoms with Gasteiger partial charge in [-0.25, -0.2) is 4.98 Å². The summed E-state index contributed by atoms with van der Waals surface area (Å²) in [6.07, 6.45) is -2.69. The van der Waals surface area contributed by atoms with Gasteiger partial charge in [-0.15, -0.1) is 0 Å². The lowest BCUT2D eigenvalue weighted by Gasteiger charge is -2.47. The Morgan fingerprint density at radius 1 is 1.28 bits per heavy atom. The predicted molar refractivity (Wildman–Crippen MR) is 54.2 cm³/mol. The van der Waals surface area contributed by atoms with Crippen LogP contribution < -0.4 is 0 Å². The lowest BCUT2D eigenvalue weighted by molar-refractivity contribution is -0.277. The second-order valence-electron chi connectivity index (χ2n) is 4.89. The molecule has 0 N–H and O–H groups in total. The van der Waals surface area contributed by atoms with Crippen LogP contribution in [0.15, 0.2) is 18.3 Å². The Bertz CT molecular complexity index is 477. The molecule has 1 aromatic heterocycles. The first-order chi connectivity index (χ1) is 8.43. The van der Waals surface area contributed by atoms with Gasteiger partial charge in [-0.3, -0.25) is 0 Å². The maximum Gasteiger partial charge on any atom is 0.397 e. The SMILES string of the molecule is Fc1ncccc1C1(C2(C(F)(F)F)CCC2)CO1. The minimum atomic E-state index is -4.38. The van der Waals surface area contributed by atoms with E-state index in [2.05, 4.69) is 4.98 Å². The normalized spacial score (nSPS) is 29.8. The van der Waals surface area contributed by atoms with Gasteiger partial charge in [-0.1, -0.05) is 6.42 Å². The Kier molecular flexibility index (Phi) is 2.27. The van der Waals surface area contributed by atoms with Gasteiger partial charge in [-0.2, -0.15) is 17.6 Å². The summed E-state index contributed by atoms with van der Waals surface area (Å²) >= 11 is 0. The molecule has 2 nitrogen and oxygen atoms in total. The van der Waals surface area contributed by atoms with Crippen LogP contribution in [-0.2, 0) is 10.3 Å². The number of hydrogen-bond donors (Lipinski definition) is 0. The first-order valence-corrected chi connectivity index (χ1v) is 5.75. The maximum absolute atomic E-state index is 13.6. The van der Waals surface area contributed by atoms with Crippen molar-refractivity contribution in [2.75, 3.05) is 6.61 Å². The third-order valence-corrected chi connectivity index (χ3v) is 4.15. The number of aromatic nitrogens is 1. The van der Waals surface area contributed by atoms with Crippen LogP contribution in [0, 0.1) is 11.4 Å². The van der Waals surface area contributed by atoms with E-state index in [-0.39, 0.29) is 25.0 Å². The smallest absolute Gasteiger partial charge is 0.363 e. The van der Waals surface area contributed by atoms with Gasteiger partial charge >= 0.3 is 6.18 Å². The van der Waals surface area contributed by atoms with Crippen LogP contribution in [0.2, 0.25) is 0 Å². The summed E-state index contributed by atoms with van der Waals surface area (Å²) in [7, 11) is 0. The van der Waals surface area contributed by atoms with E-state index in [4.69, 9.17) is 4.74 Å². The van der Waals surface area contributed by atoms with Crippen molar-refractivity contribution in [3.05, 3.63) is 29.8 Å². The molecule has 1 aliphatic carbocycles. The van der Waals surface area contributed by atoms with Crippen molar-refractivity contribution in [2.24, 2.45) is 5.41 Å². The van der Waals surface area contributed by atoms with Gasteiger partial charge in [-0.05, 0) is 25.0 Å². The van der Waals surface area contributed by atoms with Crippen molar-refractivity contribution in [3.63, 3.8) is 0 Å². The maximum atomic E-state index is 13.6. The topological polar surface area (TPSA) is 25.4 Å². The zero-order chi connectivity index (χ0) is 13.0. The number of halogens is 4. The molecular weight excluding hydrogens is 250 g/mol. The van der Waals surface area contributed by atoms with E-state index in [0.29, 0.717) is 6.42 Å². The Morgan fingerprint density at radius 2 is 1.94 bits per heavy atom. The molecule has 1 atom stereocenters. The third kappa shape index (κ3) is 1.29. The molecule has 2 heterocycles. The largest absolute Gasteiger partial charge is 0.397 e. The number of ether oxygens (including phenoxy) is 1. The summed E-state index contributed by atoms with van der Waals surface area (Å²) in [4.78, 5) is 3.43. The van der Waals surface area contributed by atoms with Crippen LogP contribution in [0.3, 0.4) is 0 Å². The van der Waals surface area contributed by atoms with Crippen LogP contribution in [0.4, 0.5) is 17.6 Å². The number of alkyl halides is 3. The number of epoxide rings is 1. The highest BCUT2D eigenvalue weighted by Gasteiger charge is 2.76. The number of pyridine rings is 1. The monoisotopic (exact) mass is 261 g/mol. The minimum Gasteiger partial charge on any atom is -0.363 e. The summed E-state index contributed by atoms with van der Waals surface area (Å²) in [6, 6.07) is 2.77. The van der Waals surface area contributed by atoms with Gasteiger partial charge < -0.3 is 4.74 Å². The van der Waals surface area contributed by atoms with Gasteiger partial charge in [0.05, 0.1) is 6.61 Å². The lowest BCUT2D eigenvalue weighted by Crippen LogP contribution is -2.53. The quantitative estimate of drug-likeness (QED) is 0.464. The molecule has 1 aliphatic heterocycles. The highest BCUT2D eigenvalue weighted by atomic mass is 19.4. The Balaban J connectivity index is 2.08. The highest BCUT2D eigenvalue weighted by molar-refractivity contribution is 5.31. The van der Waals surface area contributed by atoms with Gasteiger partial charge in [0.2, 0.25) is 5.95 Å². The molecule has 0 aromatic carbocycles. The van der Waals surface area contributed by atoms with Gasteiger partial charge in [0.1, 0.15) is 11.0 Å². The van der Waals surface area contributed by atoms with Crippen LogP contribution in [0.25, 0.3) is 0 Å². The van der Waals surface area contributed by atoms with Crippen LogP contribution in [0.1, 0.15) is 24.8 Å². The Hall–Kier alpha value is -1.17. The van der Waals surface area contributed by atoms with E-state index < -0.39 is 23.1 Å². The average Bonchev–Trinajstić information content (AvgIpc) is 2.95. The molecule has 6 heteroatoms. The molecule has 1 unspecified atom stereocenters. The van der Waals surface area contributed by atoms with Crippen LogP contribution in [-0.4, -0.2) is 17.8 Å². The van der Waals surface area contributed by atoms with Crippen LogP contribution >= 0.6 is 0 Å². The van der Waals surface area contributed by atoms with Crippen molar-refractivity contribution >= 4 is 0 Å². The Morgan fingerprint density at radius 3 is 2.33 bits per heavy atom. The van der Waals surface area contributed by atoms with E-state index in [1.807, 2.05) is 0 Å². The van der Waals surface area contributed by atoms with Crippen molar-refractivity contribution < 1.29 is 22.3 Å². The zero-order valence-electron chi connectivity index (χ0n) is 9.43. The first kappa shape index (κ1) is 11.9. The molecule has 0 radical (unpaired) electrons. The second kappa shape index (κ2) is 3.44. The predicted octanol–water partition coefficient (Wildman–Crippen LogP) is 3.18. The lowest BCUT2D eigenvalue weighted by atomic mass is 9.58. The van der Waals surface area contributed by atoms with E-state index >= 15 is 0 Å². The molecule has 3 rings (SSSR count). The van der Waals surface area contributed by atoms with E-state index in [0.717, 1.165) is 0 Å². The first-order valence-electron chi connectivity index (χ1n) is 5.75. The van der Waals surface area contributed by atoms with Crippen LogP contribution in [0.5, 0.6) is 0 Å². The summed E-state index contributed by atoms with van der Waals surface area (Å²) in [5.41, 5.74) is -3.56.